The highest BCUT2D eigenvalue weighted by Crippen LogP contribution is 2.29. The average Bonchev–Trinajstić information content (AvgIpc) is 2.42. The summed E-state index contributed by atoms with van der Waals surface area (Å²) >= 11 is 3.60. The van der Waals surface area contributed by atoms with Crippen molar-refractivity contribution in [3.05, 3.63) is 45.4 Å². The van der Waals surface area contributed by atoms with Crippen LogP contribution in [0.3, 0.4) is 0 Å². The zero-order chi connectivity index (χ0) is 15.4. The van der Waals surface area contributed by atoms with Crippen molar-refractivity contribution in [2.45, 2.75) is 33.2 Å². The first-order chi connectivity index (χ1) is 10.1. The number of rotatable bonds is 5. The van der Waals surface area contributed by atoms with Crippen molar-refractivity contribution in [3.63, 3.8) is 0 Å². The smallest absolute Gasteiger partial charge is 0.250 e. The van der Waals surface area contributed by atoms with E-state index in [9.17, 15) is 4.79 Å². The number of carbonyl (C=O) groups excluding carboxylic acids is 1. The lowest BCUT2D eigenvalue weighted by molar-refractivity contribution is -0.129. The molecule has 3 nitrogen and oxygen atoms in total. The molecule has 1 aliphatic rings. The standard InChI is InChI=1S/C17H23BrN2O/c1-4-9-20(17(21)12(2)14-10-19-11-14)13(3)15-7-5-6-8-16(15)18/h5-8,13,19H,4,9-11H2,1-3H3. The highest BCUT2D eigenvalue weighted by atomic mass is 79.9. The fraction of sp³-hybridized carbons (Fsp3) is 0.471. The molecule has 0 radical (unpaired) electrons. The summed E-state index contributed by atoms with van der Waals surface area (Å²) in [6.45, 7) is 8.64. The molecule has 0 bridgehead atoms. The van der Waals surface area contributed by atoms with Crippen LogP contribution in [0.1, 0.15) is 38.8 Å². The van der Waals surface area contributed by atoms with Crippen LogP contribution in [-0.4, -0.2) is 30.4 Å². The van der Waals surface area contributed by atoms with Gasteiger partial charge in [0.15, 0.2) is 0 Å². The Morgan fingerprint density at radius 1 is 1.38 bits per heavy atom. The van der Waals surface area contributed by atoms with Crippen LogP contribution in [0.25, 0.3) is 0 Å². The number of amides is 1. The first-order valence-corrected chi connectivity index (χ1v) is 8.30. The van der Waals surface area contributed by atoms with Gasteiger partial charge in [0.05, 0.1) is 6.04 Å². The average molecular weight is 351 g/mol. The molecule has 1 amide bonds. The minimum atomic E-state index is 0.0663. The van der Waals surface area contributed by atoms with Gasteiger partial charge >= 0.3 is 0 Å². The third kappa shape index (κ3) is 3.55. The van der Waals surface area contributed by atoms with Crippen LogP contribution in [0.15, 0.2) is 39.9 Å². The van der Waals surface area contributed by atoms with E-state index in [1.807, 2.05) is 30.0 Å². The largest absolute Gasteiger partial charge is 0.332 e. The summed E-state index contributed by atoms with van der Waals surface area (Å²) in [5.41, 5.74) is 3.30. The third-order valence-electron chi connectivity index (χ3n) is 4.08. The van der Waals surface area contributed by atoms with E-state index in [-0.39, 0.29) is 11.9 Å². The first-order valence-electron chi connectivity index (χ1n) is 7.51. The third-order valence-corrected chi connectivity index (χ3v) is 4.80. The lowest BCUT2D eigenvalue weighted by Gasteiger charge is -2.32. The predicted octanol–water partition coefficient (Wildman–Crippen LogP) is 3.67. The van der Waals surface area contributed by atoms with Gasteiger partial charge in [-0.25, -0.2) is 0 Å². The highest BCUT2D eigenvalue weighted by Gasteiger charge is 2.25. The van der Waals surface area contributed by atoms with Crippen molar-refractivity contribution in [2.24, 2.45) is 0 Å². The van der Waals surface area contributed by atoms with Gasteiger partial charge in [0.1, 0.15) is 0 Å². The quantitative estimate of drug-likeness (QED) is 0.821. The number of hydrogen-bond acceptors (Lipinski definition) is 2. The zero-order valence-electron chi connectivity index (χ0n) is 12.9. The van der Waals surface area contributed by atoms with E-state index in [0.717, 1.165) is 41.7 Å². The molecule has 0 saturated carbocycles. The van der Waals surface area contributed by atoms with Gasteiger partial charge in [-0.15, -0.1) is 0 Å². The molecule has 114 valence electrons. The van der Waals surface area contributed by atoms with Crippen molar-refractivity contribution < 1.29 is 4.79 Å². The van der Waals surface area contributed by atoms with E-state index in [1.54, 1.807) is 0 Å². The topological polar surface area (TPSA) is 32.3 Å². The summed E-state index contributed by atoms with van der Waals surface area (Å²) in [5.74, 6) is 0.164. The zero-order valence-corrected chi connectivity index (χ0v) is 14.5. The SMILES string of the molecule is CCCN(C(=O)C(C)=C1CNC1)C(C)c1ccccc1Br. The van der Waals surface area contributed by atoms with Crippen LogP contribution < -0.4 is 5.32 Å². The minimum Gasteiger partial charge on any atom is -0.332 e. The summed E-state index contributed by atoms with van der Waals surface area (Å²) < 4.78 is 1.06. The predicted molar refractivity (Wildman–Crippen MR) is 90.1 cm³/mol. The maximum Gasteiger partial charge on any atom is 0.250 e. The molecule has 21 heavy (non-hydrogen) atoms. The van der Waals surface area contributed by atoms with Gasteiger partial charge in [-0.3, -0.25) is 4.79 Å². The van der Waals surface area contributed by atoms with E-state index in [0.29, 0.717) is 0 Å². The Bertz CT molecular complexity index is 547. The Morgan fingerprint density at radius 3 is 2.57 bits per heavy atom. The van der Waals surface area contributed by atoms with Gasteiger partial charge in [0.25, 0.3) is 0 Å². The molecule has 1 N–H and O–H groups in total. The number of hydrogen-bond donors (Lipinski definition) is 1. The Labute approximate surface area is 135 Å². The van der Waals surface area contributed by atoms with Gasteiger partial charge in [-0.2, -0.15) is 0 Å². The van der Waals surface area contributed by atoms with Crippen molar-refractivity contribution in [3.8, 4) is 0 Å². The molecule has 0 aromatic heterocycles. The molecule has 4 heteroatoms. The molecular weight excluding hydrogens is 328 g/mol. The van der Waals surface area contributed by atoms with E-state index in [2.05, 4.69) is 41.2 Å². The van der Waals surface area contributed by atoms with Crippen LogP contribution in [0.4, 0.5) is 0 Å². The fourth-order valence-corrected chi connectivity index (χ4v) is 3.19. The Balaban J connectivity index is 2.26. The molecule has 1 fully saturated rings. The molecule has 1 atom stereocenters. The lowest BCUT2D eigenvalue weighted by atomic mass is 10.0. The van der Waals surface area contributed by atoms with E-state index in [4.69, 9.17) is 0 Å². The van der Waals surface area contributed by atoms with Gasteiger partial charge in [-0.1, -0.05) is 41.1 Å². The molecule has 0 spiro atoms. The van der Waals surface area contributed by atoms with Crippen molar-refractivity contribution in [1.82, 2.24) is 10.2 Å². The molecule has 1 aliphatic heterocycles. The van der Waals surface area contributed by atoms with Crippen LogP contribution in [0.2, 0.25) is 0 Å². The molecular formula is C17H23BrN2O. The summed E-state index contributed by atoms with van der Waals surface area (Å²) in [5, 5.41) is 3.20. The summed E-state index contributed by atoms with van der Waals surface area (Å²) in [4.78, 5) is 14.8. The number of benzene rings is 1. The van der Waals surface area contributed by atoms with Gasteiger partial charge in [0.2, 0.25) is 5.91 Å². The van der Waals surface area contributed by atoms with Crippen molar-refractivity contribution in [1.29, 1.82) is 0 Å². The normalized spacial score (nSPS) is 15.3. The highest BCUT2D eigenvalue weighted by molar-refractivity contribution is 9.10. The van der Waals surface area contributed by atoms with E-state index >= 15 is 0 Å². The molecule has 1 aromatic rings. The van der Waals surface area contributed by atoms with Crippen LogP contribution in [-0.2, 0) is 4.79 Å². The van der Waals surface area contributed by atoms with E-state index in [1.165, 1.54) is 5.57 Å². The molecule has 1 unspecified atom stereocenters. The Morgan fingerprint density at radius 2 is 2.05 bits per heavy atom. The number of halogens is 1. The molecule has 2 rings (SSSR count). The number of nitrogens with one attached hydrogen (secondary N) is 1. The maximum atomic E-state index is 12.8. The summed E-state index contributed by atoms with van der Waals surface area (Å²) in [6.07, 6.45) is 0.960. The monoisotopic (exact) mass is 350 g/mol. The van der Waals surface area contributed by atoms with Crippen LogP contribution >= 0.6 is 15.9 Å². The van der Waals surface area contributed by atoms with Crippen LogP contribution in [0.5, 0.6) is 0 Å². The van der Waals surface area contributed by atoms with Gasteiger partial charge < -0.3 is 10.2 Å². The maximum absolute atomic E-state index is 12.8. The summed E-state index contributed by atoms with van der Waals surface area (Å²) in [6, 6.07) is 8.20. The van der Waals surface area contributed by atoms with Crippen molar-refractivity contribution in [2.75, 3.05) is 19.6 Å². The van der Waals surface area contributed by atoms with Gasteiger partial charge in [0, 0.05) is 29.7 Å². The Hall–Kier alpha value is -1.13. The second-order valence-electron chi connectivity index (χ2n) is 5.53. The number of nitrogens with zero attached hydrogens (tertiary/aromatic N) is 1. The molecule has 0 aliphatic carbocycles. The number of carbonyl (C=O) groups is 1. The second kappa shape index (κ2) is 7.23. The Kier molecular flexibility index (Phi) is 5.59. The second-order valence-corrected chi connectivity index (χ2v) is 6.38. The fourth-order valence-electron chi connectivity index (χ4n) is 2.58. The molecule has 1 heterocycles. The summed E-state index contributed by atoms with van der Waals surface area (Å²) in [7, 11) is 0. The lowest BCUT2D eigenvalue weighted by Crippen LogP contribution is -2.40. The van der Waals surface area contributed by atoms with Crippen LogP contribution in [0, 0.1) is 0 Å². The minimum absolute atomic E-state index is 0.0663. The van der Waals surface area contributed by atoms with Gasteiger partial charge in [-0.05, 0) is 37.5 Å². The molecule has 1 aromatic carbocycles. The first kappa shape index (κ1) is 16.2. The van der Waals surface area contributed by atoms with Crippen molar-refractivity contribution >= 4 is 21.8 Å². The molecule has 1 saturated heterocycles. The van der Waals surface area contributed by atoms with E-state index < -0.39 is 0 Å².